The zero-order valence-electron chi connectivity index (χ0n) is 11.4. The summed E-state index contributed by atoms with van der Waals surface area (Å²) in [5.41, 5.74) is 8.83. The van der Waals surface area contributed by atoms with Crippen molar-refractivity contribution in [3.8, 4) is 0 Å². The number of halogens is 1. The molecule has 1 unspecified atom stereocenters. The van der Waals surface area contributed by atoms with Gasteiger partial charge in [-0.15, -0.1) is 0 Å². The van der Waals surface area contributed by atoms with Crippen molar-refractivity contribution in [2.24, 2.45) is 5.73 Å². The first-order valence-electron chi connectivity index (χ1n) is 6.29. The lowest BCUT2D eigenvalue weighted by atomic mass is 10.1. The molecule has 0 radical (unpaired) electrons. The Bertz CT molecular complexity index is 578. The Morgan fingerprint density at radius 2 is 2.16 bits per heavy atom. The van der Waals surface area contributed by atoms with Crippen molar-refractivity contribution in [1.82, 2.24) is 19.7 Å². The van der Waals surface area contributed by atoms with Crippen LogP contribution in [0.15, 0.2) is 12.3 Å². The van der Waals surface area contributed by atoms with Gasteiger partial charge in [0, 0.05) is 19.2 Å². The highest BCUT2D eigenvalue weighted by Gasteiger charge is 2.17. The standard InChI is InChI=1S/C13H18ClN5/c1-4-19-12(13(14)8(2)18-19)7-10(15)11-5-6-16-9(3)17-11/h5-6,10H,4,7,15H2,1-3H3. The Hall–Kier alpha value is -1.46. The van der Waals surface area contributed by atoms with Crippen LogP contribution in [0.4, 0.5) is 0 Å². The molecule has 2 rings (SSSR count). The summed E-state index contributed by atoms with van der Waals surface area (Å²) in [6.45, 7) is 6.56. The van der Waals surface area contributed by atoms with Gasteiger partial charge < -0.3 is 5.73 Å². The summed E-state index contributed by atoms with van der Waals surface area (Å²) in [7, 11) is 0. The van der Waals surface area contributed by atoms with Crippen LogP contribution in [0.25, 0.3) is 0 Å². The van der Waals surface area contributed by atoms with E-state index in [2.05, 4.69) is 15.1 Å². The predicted molar refractivity (Wildman–Crippen MR) is 75.0 cm³/mol. The minimum absolute atomic E-state index is 0.208. The third-order valence-electron chi connectivity index (χ3n) is 3.04. The number of aryl methyl sites for hydroxylation is 3. The van der Waals surface area contributed by atoms with Gasteiger partial charge in [-0.25, -0.2) is 9.97 Å². The fourth-order valence-corrected chi connectivity index (χ4v) is 2.27. The second kappa shape index (κ2) is 5.67. The van der Waals surface area contributed by atoms with Crippen LogP contribution in [0.1, 0.15) is 35.9 Å². The van der Waals surface area contributed by atoms with E-state index in [0.29, 0.717) is 11.4 Å². The number of nitrogens with two attached hydrogens (primary N) is 1. The van der Waals surface area contributed by atoms with Crippen LogP contribution in [0.5, 0.6) is 0 Å². The van der Waals surface area contributed by atoms with Gasteiger partial charge in [-0.1, -0.05) is 11.6 Å². The molecule has 1 atom stereocenters. The lowest BCUT2D eigenvalue weighted by molar-refractivity contribution is 0.581. The molecule has 2 N–H and O–H groups in total. The van der Waals surface area contributed by atoms with Crippen molar-refractivity contribution in [2.45, 2.75) is 39.8 Å². The molecule has 0 aromatic carbocycles. The molecule has 19 heavy (non-hydrogen) atoms. The van der Waals surface area contributed by atoms with Gasteiger partial charge in [-0.2, -0.15) is 5.10 Å². The summed E-state index contributed by atoms with van der Waals surface area (Å²) in [6.07, 6.45) is 2.34. The largest absolute Gasteiger partial charge is 0.322 e. The van der Waals surface area contributed by atoms with E-state index < -0.39 is 0 Å². The third kappa shape index (κ3) is 2.93. The second-order valence-electron chi connectivity index (χ2n) is 4.50. The van der Waals surface area contributed by atoms with E-state index in [0.717, 1.165) is 29.5 Å². The molecule has 0 saturated heterocycles. The highest BCUT2D eigenvalue weighted by atomic mass is 35.5. The van der Waals surface area contributed by atoms with Gasteiger partial charge in [0.25, 0.3) is 0 Å². The molecule has 0 spiro atoms. The number of rotatable bonds is 4. The molecule has 0 aliphatic heterocycles. The van der Waals surface area contributed by atoms with Gasteiger partial charge in [0.15, 0.2) is 0 Å². The van der Waals surface area contributed by atoms with Crippen molar-refractivity contribution in [3.05, 3.63) is 40.2 Å². The molecule has 0 saturated carbocycles. The number of aromatic nitrogens is 4. The molecular formula is C13H18ClN5. The maximum Gasteiger partial charge on any atom is 0.125 e. The zero-order chi connectivity index (χ0) is 14.0. The SMILES string of the molecule is CCn1nc(C)c(Cl)c1CC(N)c1ccnc(C)n1. The maximum absolute atomic E-state index is 6.28. The molecule has 102 valence electrons. The van der Waals surface area contributed by atoms with Crippen LogP contribution in [-0.2, 0) is 13.0 Å². The average molecular weight is 280 g/mol. The van der Waals surface area contributed by atoms with E-state index in [1.165, 1.54) is 0 Å². The lowest BCUT2D eigenvalue weighted by Crippen LogP contribution is -2.18. The van der Waals surface area contributed by atoms with Crippen LogP contribution in [0.3, 0.4) is 0 Å². The zero-order valence-corrected chi connectivity index (χ0v) is 12.1. The van der Waals surface area contributed by atoms with E-state index in [-0.39, 0.29) is 6.04 Å². The summed E-state index contributed by atoms with van der Waals surface area (Å²) < 4.78 is 1.89. The molecule has 0 aliphatic rings. The van der Waals surface area contributed by atoms with Crippen molar-refractivity contribution in [2.75, 3.05) is 0 Å². The number of hydrogen-bond donors (Lipinski definition) is 1. The van der Waals surface area contributed by atoms with E-state index >= 15 is 0 Å². The smallest absolute Gasteiger partial charge is 0.125 e. The van der Waals surface area contributed by atoms with Crippen LogP contribution < -0.4 is 5.73 Å². The summed E-state index contributed by atoms with van der Waals surface area (Å²) in [6, 6.07) is 1.63. The minimum Gasteiger partial charge on any atom is -0.322 e. The fraction of sp³-hybridized carbons (Fsp3) is 0.462. The molecule has 5 nitrogen and oxygen atoms in total. The quantitative estimate of drug-likeness (QED) is 0.931. The average Bonchev–Trinajstić information content (AvgIpc) is 2.66. The third-order valence-corrected chi connectivity index (χ3v) is 3.54. The summed E-state index contributed by atoms with van der Waals surface area (Å²) in [4.78, 5) is 8.43. The predicted octanol–water partition coefficient (Wildman–Crippen LogP) is 2.21. The first kappa shape index (κ1) is 14.0. The van der Waals surface area contributed by atoms with Gasteiger partial charge in [0.2, 0.25) is 0 Å². The Kier molecular flexibility index (Phi) is 4.17. The normalized spacial score (nSPS) is 12.7. The topological polar surface area (TPSA) is 69.6 Å². The molecule has 0 aliphatic carbocycles. The molecule has 0 amide bonds. The maximum atomic E-state index is 6.28. The Balaban J connectivity index is 2.26. The lowest BCUT2D eigenvalue weighted by Gasteiger charge is -2.12. The fourth-order valence-electron chi connectivity index (χ4n) is 2.06. The van der Waals surface area contributed by atoms with Gasteiger partial charge in [-0.3, -0.25) is 4.68 Å². The molecule has 0 fully saturated rings. The Morgan fingerprint density at radius 3 is 2.79 bits per heavy atom. The van der Waals surface area contributed by atoms with E-state index in [9.17, 15) is 0 Å². The number of nitrogens with zero attached hydrogens (tertiary/aromatic N) is 4. The monoisotopic (exact) mass is 279 g/mol. The van der Waals surface area contributed by atoms with Crippen molar-refractivity contribution >= 4 is 11.6 Å². The van der Waals surface area contributed by atoms with E-state index in [1.54, 1.807) is 6.20 Å². The molecule has 6 heteroatoms. The second-order valence-corrected chi connectivity index (χ2v) is 4.88. The Morgan fingerprint density at radius 1 is 1.42 bits per heavy atom. The van der Waals surface area contributed by atoms with Crippen molar-refractivity contribution in [1.29, 1.82) is 0 Å². The van der Waals surface area contributed by atoms with Gasteiger partial charge >= 0.3 is 0 Å². The summed E-state index contributed by atoms with van der Waals surface area (Å²) in [5.74, 6) is 0.722. The molecule has 2 aromatic rings. The summed E-state index contributed by atoms with van der Waals surface area (Å²) >= 11 is 6.28. The van der Waals surface area contributed by atoms with Crippen molar-refractivity contribution in [3.63, 3.8) is 0 Å². The highest BCUT2D eigenvalue weighted by molar-refractivity contribution is 6.31. The summed E-state index contributed by atoms with van der Waals surface area (Å²) in [5, 5.41) is 5.09. The minimum atomic E-state index is -0.208. The van der Waals surface area contributed by atoms with Gasteiger partial charge in [0.1, 0.15) is 5.82 Å². The van der Waals surface area contributed by atoms with Gasteiger partial charge in [0.05, 0.1) is 28.1 Å². The Labute approximate surface area is 117 Å². The van der Waals surface area contributed by atoms with E-state index in [1.807, 2.05) is 31.5 Å². The van der Waals surface area contributed by atoms with Crippen LogP contribution in [-0.4, -0.2) is 19.7 Å². The van der Waals surface area contributed by atoms with Crippen LogP contribution in [0, 0.1) is 13.8 Å². The molecular weight excluding hydrogens is 262 g/mol. The number of hydrogen-bond acceptors (Lipinski definition) is 4. The van der Waals surface area contributed by atoms with Crippen molar-refractivity contribution < 1.29 is 0 Å². The van der Waals surface area contributed by atoms with Crippen LogP contribution in [0.2, 0.25) is 5.02 Å². The van der Waals surface area contributed by atoms with E-state index in [4.69, 9.17) is 17.3 Å². The first-order chi connectivity index (χ1) is 9.02. The highest BCUT2D eigenvalue weighted by Crippen LogP contribution is 2.24. The molecule has 2 heterocycles. The molecule has 0 bridgehead atoms. The van der Waals surface area contributed by atoms with Gasteiger partial charge in [-0.05, 0) is 26.8 Å². The molecule has 2 aromatic heterocycles. The van der Waals surface area contributed by atoms with Crippen LogP contribution >= 0.6 is 11.6 Å². The first-order valence-corrected chi connectivity index (χ1v) is 6.67.